The first kappa shape index (κ1) is 10.8. The van der Waals surface area contributed by atoms with Gasteiger partial charge in [-0.15, -0.1) is 0 Å². The van der Waals surface area contributed by atoms with Gasteiger partial charge in [-0.3, -0.25) is 0 Å². The van der Waals surface area contributed by atoms with Gasteiger partial charge in [-0.25, -0.2) is 8.42 Å². The van der Waals surface area contributed by atoms with E-state index in [0.29, 0.717) is 6.54 Å². The molecule has 0 aliphatic carbocycles. The maximum absolute atomic E-state index is 10.9. The van der Waals surface area contributed by atoms with Gasteiger partial charge in [-0.2, -0.15) is 0 Å². The molecule has 1 aromatic carbocycles. The Kier molecular flexibility index (Phi) is 3.18. The Morgan fingerprint density at radius 1 is 1.38 bits per heavy atom. The van der Waals surface area contributed by atoms with Crippen LogP contribution in [0.4, 0.5) is 0 Å². The highest BCUT2D eigenvalue weighted by molar-refractivity contribution is 8.13. The van der Waals surface area contributed by atoms with Crippen molar-refractivity contribution in [2.75, 3.05) is 0 Å². The van der Waals surface area contributed by atoms with Gasteiger partial charge in [-0.1, -0.05) is 17.7 Å². The fourth-order valence-corrected chi connectivity index (χ4v) is 2.42. The number of rotatable bonds is 2. The zero-order valence-corrected chi connectivity index (χ0v) is 8.83. The summed E-state index contributed by atoms with van der Waals surface area (Å²) in [7, 11) is 1.36. The molecular weight excluding hydrogens is 233 g/mol. The summed E-state index contributed by atoms with van der Waals surface area (Å²) in [4.78, 5) is -0.0898. The van der Waals surface area contributed by atoms with Crippen LogP contribution in [-0.4, -0.2) is 8.42 Å². The Bertz CT molecular complexity index is 417. The molecule has 72 valence electrons. The Morgan fingerprint density at radius 2 is 2.00 bits per heavy atom. The molecule has 3 nitrogen and oxygen atoms in total. The highest BCUT2D eigenvalue weighted by Crippen LogP contribution is 2.25. The summed E-state index contributed by atoms with van der Waals surface area (Å²) in [6.07, 6.45) is 0. The summed E-state index contributed by atoms with van der Waals surface area (Å²) in [5, 5.41) is 0.0953. The van der Waals surface area contributed by atoms with Gasteiger partial charge < -0.3 is 5.73 Å². The third kappa shape index (κ3) is 2.57. The van der Waals surface area contributed by atoms with Crippen LogP contribution in [-0.2, 0) is 15.6 Å². The van der Waals surface area contributed by atoms with Crippen LogP contribution in [0.15, 0.2) is 23.1 Å². The number of benzene rings is 1. The second-order valence-corrected chi connectivity index (χ2v) is 5.35. The molecule has 0 amide bonds. The monoisotopic (exact) mass is 239 g/mol. The average Bonchev–Trinajstić information content (AvgIpc) is 2.01. The summed E-state index contributed by atoms with van der Waals surface area (Å²) < 4.78 is 21.8. The minimum atomic E-state index is -3.76. The van der Waals surface area contributed by atoms with Crippen molar-refractivity contribution in [1.82, 2.24) is 0 Å². The number of nitrogens with two attached hydrogens (primary N) is 1. The predicted octanol–water partition coefficient (Wildman–Crippen LogP) is 1.73. The van der Waals surface area contributed by atoms with Crippen LogP contribution in [0.25, 0.3) is 0 Å². The van der Waals surface area contributed by atoms with E-state index in [1.54, 1.807) is 6.07 Å². The molecule has 6 heteroatoms. The van der Waals surface area contributed by atoms with E-state index >= 15 is 0 Å². The zero-order chi connectivity index (χ0) is 10.1. The van der Waals surface area contributed by atoms with Crippen molar-refractivity contribution in [1.29, 1.82) is 0 Å². The van der Waals surface area contributed by atoms with E-state index < -0.39 is 9.05 Å². The summed E-state index contributed by atoms with van der Waals surface area (Å²) in [6.45, 7) is 0.308. The molecule has 2 N–H and O–H groups in total. The van der Waals surface area contributed by atoms with E-state index in [2.05, 4.69) is 0 Å². The smallest absolute Gasteiger partial charge is 0.262 e. The number of hydrogen-bond acceptors (Lipinski definition) is 3. The molecule has 0 unspecified atom stereocenters. The summed E-state index contributed by atoms with van der Waals surface area (Å²) >= 11 is 5.67. The first-order chi connectivity index (χ1) is 5.95. The molecule has 0 saturated heterocycles. The molecule has 0 heterocycles. The topological polar surface area (TPSA) is 60.2 Å². The molecule has 0 aliphatic heterocycles. The Hall–Kier alpha value is -0.290. The van der Waals surface area contributed by atoms with E-state index in [0.717, 1.165) is 5.56 Å². The zero-order valence-electron chi connectivity index (χ0n) is 6.50. The highest BCUT2D eigenvalue weighted by atomic mass is 35.7. The summed E-state index contributed by atoms with van der Waals surface area (Å²) in [5.74, 6) is 0. The molecule has 0 fully saturated rings. The van der Waals surface area contributed by atoms with Gasteiger partial charge in [0.25, 0.3) is 9.05 Å². The van der Waals surface area contributed by atoms with Crippen molar-refractivity contribution >= 4 is 31.3 Å². The molecule has 0 spiro atoms. The molecule has 0 atom stereocenters. The van der Waals surface area contributed by atoms with Gasteiger partial charge in [0.05, 0.1) is 5.02 Å². The average molecular weight is 240 g/mol. The lowest BCUT2D eigenvalue weighted by Crippen LogP contribution is -1.98. The fourth-order valence-electron chi connectivity index (χ4n) is 0.869. The van der Waals surface area contributed by atoms with Crippen LogP contribution in [0, 0.1) is 0 Å². The second-order valence-electron chi connectivity index (χ2n) is 2.41. The molecule has 13 heavy (non-hydrogen) atoms. The quantitative estimate of drug-likeness (QED) is 0.800. The largest absolute Gasteiger partial charge is 0.326 e. The van der Waals surface area contributed by atoms with Crippen LogP contribution in [0.3, 0.4) is 0 Å². The standard InChI is InChI=1S/C7H7Cl2NO2S/c8-6-3-5(4-10)1-2-7(6)13(9,11)12/h1-3H,4,10H2. The molecule has 0 bridgehead atoms. The van der Waals surface area contributed by atoms with Crippen molar-refractivity contribution in [2.45, 2.75) is 11.4 Å². The molecule has 1 rings (SSSR count). The van der Waals surface area contributed by atoms with E-state index in [4.69, 9.17) is 28.0 Å². The Balaban J connectivity index is 3.29. The minimum absolute atomic E-state index is 0.0898. The maximum Gasteiger partial charge on any atom is 0.262 e. The van der Waals surface area contributed by atoms with Gasteiger partial charge in [-0.05, 0) is 17.7 Å². The molecular formula is C7H7Cl2NO2S. The second kappa shape index (κ2) is 3.84. The van der Waals surface area contributed by atoms with E-state index in [9.17, 15) is 8.42 Å². The van der Waals surface area contributed by atoms with Gasteiger partial charge in [0, 0.05) is 17.2 Å². The summed E-state index contributed by atoms with van der Waals surface area (Å²) in [6, 6.07) is 4.39. The third-order valence-corrected chi connectivity index (χ3v) is 3.30. The Morgan fingerprint density at radius 3 is 2.38 bits per heavy atom. The van der Waals surface area contributed by atoms with Crippen LogP contribution in [0.5, 0.6) is 0 Å². The summed E-state index contributed by atoms with van der Waals surface area (Å²) in [5.41, 5.74) is 6.10. The van der Waals surface area contributed by atoms with Crippen LogP contribution >= 0.6 is 22.3 Å². The van der Waals surface area contributed by atoms with Gasteiger partial charge in [0.2, 0.25) is 0 Å². The van der Waals surface area contributed by atoms with E-state index in [1.165, 1.54) is 12.1 Å². The minimum Gasteiger partial charge on any atom is -0.326 e. The van der Waals surface area contributed by atoms with Gasteiger partial charge in [0.15, 0.2) is 0 Å². The van der Waals surface area contributed by atoms with Crippen LogP contribution in [0.1, 0.15) is 5.56 Å². The van der Waals surface area contributed by atoms with Crippen molar-refractivity contribution < 1.29 is 8.42 Å². The highest BCUT2D eigenvalue weighted by Gasteiger charge is 2.14. The van der Waals surface area contributed by atoms with Gasteiger partial charge in [0.1, 0.15) is 4.90 Å². The third-order valence-electron chi connectivity index (χ3n) is 1.49. The first-order valence-corrected chi connectivity index (χ1v) is 6.07. The van der Waals surface area contributed by atoms with Crippen molar-refractivity contribution in [3.8, 4) is 0 Å². The predicted molar refractivity (Wildman–Crippen MR) is 52.4 cm³/mol. The molecule has 0 saturated carbocycles. The maximum atomic E-state index is 10.9. The lowest BCUT2D eigenvalue weighted by molar-refractivity contribution is 0.609. The molecule has 1 aromatic rings. The lowest BCUT2D eigenvalue weighted by atomic mass is 10.2. The SMILES string of the molecule is NCc1ccc(S(=O)(=O)Cl)c(Cl)c1. The fraction of sp³-hybridized carbons (Fsp3) is 0.143. The van der Waals surface area contributed by atoms with E-state index in [1.807, 2.05) is 0 Å². The van der Waals surface area contributed by atoms with Crippen LogP contribution < -0.4 is 5.73 Å². The van der Waals surface area contributed by atoms with Crippen molar-refractivity contribution in [2.24, 2.45) is 5.73 Å². The number of halogens is 2. The number of hydrogen-bond donors (Lipinski definition) is 1. The van der Waals surface area contributed by atoms with Crippen molar-refractivity contribution in [3.63, 3.8) is 0 Å². The van der Waals surface area contributed by atoms with Crippen LogP contribution in [0.2, 0.25) is 5.02 Å². The first-order valence-electron chi connectivity index (χ1n) is 3.38. The van der Waals surface area contributed by atoms with E-state index in [-0.39, 0.29) is 9.92 Å². The molecule has 0 radical (unpaired) electrons. The van der Waals surface area contributed by atoms with Crippen molar-refractivity contribution in [3.05, 3.63) is 28.8 Å². The molecule has 0 aromatic heterocycles. The van der Waals surface area contributed by atoms with Gasteiger partial charge >= 0.3 is 0 Å². The lowest BCUT2D eigenvalue weighted by Gasteiger charge is -2.01. The normalized spacial score (nSPS) is 11.6. The molecule has 0 aliphatic rings. The Labute approximate surface area is 85.9 Å².